The maximum Gasteiger partial charge on any atom is 0.388 e. The molecule has 0 saturated carbocycles. The van der Waals surface area contributed by atoms with Gasteiger partial charge in [0.1, 0.15) is 0 Å². The van der Waals surface area contributed by atoms with E-state index in [4.69, 9.17) is 0 Å². The van der Waals surface area contributed by atoms with E-state index in [1.807, 2.05) is 0 Å². The second-order valence-electron chi connectivity index (χ2n) is 1.82. The van der Waals surface area contributed by atoms with Crippen LogP contribution < -0.4 is 4.74 Å². The van der Waals surface area contributed by atoms with E-state index in [0.717, 1.165) is 12.3 Å². The van der Waals surface area contributed by atoms with Gasteiger partial charge in [0, 0.05) is 6.07 Å². The molecule has 0 aliphatic rings. The van der Waals surface area contributed by atoms with Crippen LogP contribution in [0.2, 0.25) is 0 Å². The van der Waals surface area contributed by atoms with Gasteiger partial charge in [-0.1, -0.05) is 0 Å². The molecule has 66 valence electrons. The second-order valence-corrected chi connectivity index (χ2v) is 2.67. The van der Waals surface area contributed by atoms with Crippen molar-refractivity contribution in [1.29, 1.82) is 0 Å². The zero-order chi connectivity index (χ0) is 9.14. The number of hydrogen-bond donors (Lipinski definition) is 0. The molecule has 6 heteroatoms. The molecule has 1 aromatic rings. The van der Waals surface area contributed by atoms with Crippen LogP contribution in [0.3, 0.4) is 0 Å². The highest BCUT2D eigenvalue weighted by Gasteiger charge is 2.07. The Labute approximate surface area is 74.5 Å². The molecular weight excluding hydrogens is 239 g/mol. The van der Waals surface area contributed by atoms with E-state index < -0.39 is 12.4 Å². The van der Waals surface area contributed by atoms with Crippen LogP contribution in [0.5, 0.6) is 5.88 Å². The van der Waals surface area contributed by atoms with Gasteiger partial charge in [0.25, 0.3) is 0 Å². The zero-order valence-corrected chi connectivity index (χ0v) is 7.19. The molecule has 1 heterocycles. The van der Waals surface area contributed by atoms with E-state index >= 15 is 0 Å². The number of hydrogen-bond acceptors (Lipinski definition) is 2. The molecule has 0 aliphatic heterocycles. The minimum absolute atomic E-state index is 0.0353. The standard InChI is InChI=1S/C6H3BrF3NO/c7-3-1-5(12-6(9)10)11-2-4(3)8/h1-2,6H. The van der Waals surface area contributed by atoms with Gasteiger partial charge in [0.05, 0.1) is 10.7 Å². The summed E-state index contributed by atoms with van der Waals surface area (Å²) in [7, 11) is 0. The van der Waals surface area contributed by atoms with Crippen LogP contribution in [0.1, 0.15) is 0 Å². The average molecular weight is 242 g/mol. The SMILES string of the molecule is Fc1cnc(OC(F)F)cc1Br. The van der Waals surface area contributed by atoms with Crippen molar-refractivity contribution >= 4 is 15.9 Å². The first-order valence-electron chi connectivity index (χ1n) is 2.85. The van der Waals surface area contributed by atoms with Crippen LogP contribution in [0, 0.1) is 5.82 Å². The molecule has 12 heavy (non-hydrogen) atoms. The summed E-state index contributed by atoms with van der Waals surface area (Å²) in [5.41, 5.74) is 0. The largest absolute Gasteiger partial charge is 0.417 e. The summed E-state index contributed by atoms with van der Waals surface area (Å²) in [6, 6.07) is 1.03. The van der Waals surface area contributed by atoms with Crippen LogP contribution in [-0.4, -0.2) is 11.6 Å². The second kappa shape index (κ2) is 3.75. The van der Waals surface area contributed by atoms with Crippen molar-refractivity contribution in [2.24, 2.45) is 0 Å². The molecule has 0 amide bonds. The Balaban J connectivity index is 2.82. The van der Waals surface area contributed by atoms with Gasteiger partial charge in [-0.05, 0) is 15.9 Å². The van der Waals surface area contributed by atoms with Gasteiger partial charge < -0.3 is 4.74 Å². The summed E-state index contributed by atoms with van der Waals surface area (Å²) in [6.07, 6.45) is 0.793. The third kappa shape index (κ3) is 2.37. The van der Waals surface area contributed by atoms with Crippen LogP contribution in [0.25, 0.3) is 0 Å². The lowest BCUT2D eigenvalue weighted by Gasteiger charge is -2.02. The Morgan fingerprint density at radius 1 is 1.50 bits per heavy atom. The molecule has 0 aliphatic carbocycles. The van der Waals surface area contributed by atoms with Crippen LogP contribution in [-0.2, 0) is 0 Å². The number of nitrogens with zero attached hydrogens (tertiary/aromatic N) is 1. The third-order valence-electron chi connectivity index (χ3n) is 0.993. The summed E-state index contributed by atoms with van der Waals surface area (Å²) in [6.45, 7) is -2.95. The molecule has 0 spiro atoms. The van der Waals surface area contributed by atoms with Gasteiger partial charge in [-0.3, -0.25) is 0 Å². The van der Waals surface area contributed by atoms with Gasteiger partial charge in [0.2, 0.25) is 5.88 Å². The maximum absolute atomic E-state index is 12.5. The van der Waals surface area contributed by atoms with Gasteiger partial charge in [0.15, 0.2) is 5.82 Å². The van der Waals surface area contributed by atoms with Gasteiger partial charge in [-0.15, -0.1) is 0 Å². The Kier molecular flexibility index (Phi) is 2.91. The Morgan fingerprint density at radius 3 is 2.67 bits per heavy atom. The van der Waals surface area contributed by atoms with Gasteiger partial charge in [-0.2, -0.15) is 8.78 Å². The van der Waals surface area contributed by atoms with Crippen molar-refractivity contribution in [3.63, 3.8) is 0 Å². The highest BCUT2D eigenvalue weighted by atomic mass is 79.9. The molecule has 0 radical (unpaired) electrons. The Hall–Kier alpha value is -0.780. The fourth-order valence-corrected chi connectivity index (χ4v) is 0.851. The van der Waals surface area contributed by atoms with E-state index in [2.05, 4.69) is 25.7 Å². The fraction of sp³-hybridized carbons (Fsp3) is 0.167. The van der Waals surface area contributed by atoms with Crippen molar-refractivity contribution in [2.75, 3.05) is 0 Å². The number of aromatic nitrogens is 1. The number of ether oxygens (including phenoxy) is 1. The predicted molar refractivity (Wildman–Crippen MR) is 38.5 cm³/mol. The van der Waals surface area contributed by atoms with Gasteiger partial charge in [-0.25, -0.2) is 9.37 Å². The maximum atomic E-state index is 12.5. The van der Waals surface area contributed by atoms with Crippen molar-refractivity contribution in [2.45, 2.75) is 6.61 Å². The quantitative estimate of drug-likeness (QED) is 0.795. The number of rotatable bonds is 2. The van der Waals surface area contributed by atoms with Crippen LogP contribution >= 0.6 is 15.9 Å². The van der Waals surface area contributed by atoms with Crippen molar-refractivity contribution < 1.29 is 17.9 Å². The molecule has 1 rings (SSSR count). The lowest BCUT2D eigenvalue weighted by Crippen LogP contribution is -2.03. The molecule has 0 bridgehead atoms. The monoisotopic (exact) mass is 241 g/mol. The number of alkyl halides is 2. The van der Waals surface area contributed by atoms with E-state index in [1.54, 1.807) is 0 Å². The predicted octanol–water partition coefficient (Wildman–Crippen LogP) is 2.58. The minimum atomic E-state index is -2.95. The van der Waals surface area contributed by atoms with Gasteiger partial charge >= 0.3 is 6.61 Å². The normalized spacial score (nSPS) is 10.4. The van der Waals surface area contributed by atoms with E-state index in [9.17, 15) is 13.2 Å². The number of halogens is 4. The molecule has 0 atom stereocenters. The first-order chi connectivity index (χ1) is 5.59. The summed E-state index contributed by atoms with van der Waals surface area (Å²) >= 11 is 2.80. The van der Waals surface area contributed by atoms with Crippen LogP contribution in [0.4, 0.5) is 13.2 Å². The number of pyridine rings is 1. The summed E-state index contributed by atoms with van der Waals surface area (Å²) in [5.74, 6) is -0.949. The van der Waals surface area contributed by atoms with Crippen molar-refractivity contribution in [3.05, 3.63) is 22.6 Å². The van der Waals surface area contributed by atoms with E-state index in [-0.39, 0.29) is 10.4 Å². The molecule has 2 nitrogen and oxygen atoms in total. The smallest absolute Gasteiger partial charge is 0.388 e. The molecule has 0 aromatic carbocycles. The average Bonchev–Trinajstić information content (AvgIpc) is 1.96. The van der Waals surface area contributed by atoms with E-state index in [0.29, 0.717) is 0 Å². The first kappa shape index (κ1) is 9.31. The lowest BCUT2D eigenvalue weighted by atomic mass is 10.5. The topological polar surface area (TPSA) is 22.1 Å². The Morgan fingerprint density at radius 2 is 2.17 bits per heavy atom. The fourth-order valence-electron chi connectivity index (χ4n) is 0.552. The summed E-state index contributed by atoms with van der Waals surface area (Å²) in [5, 5.41) is 0. The molecule has 0 fully saturated rings. The molecule has 0 N–H and O–H groups in total. The molecule has 1 aromatic heterocycles. The highest BCUT2D eigenvalue weighted by Crippen LogP contribution is 2.19. The van der Waals surface area contributed by atoms with Crippen LogP contribution in [0.15, 0.2) is 16.7 Å². The molecule has 0 saturated heterocycles. The summed E-state index contributed by atoms with van der Waals surface area (Å²) < 4.78 is 39.6. The zero-order valence-electron chi connectivity index (χ0n) is 5.60. The van der Waals surface area contributed by atoms with E-state index in [1.165, 1.54) is 0 Å². The van der Waals surface area contributed by atoms with Crippen molar-refractivity contribution in [1.82, 2.24) is 4.98 Å². The minimum Gasteiger partial charge on any atom is -0.417 e. The third-order valence-corrected chi connectivity index (χ3v) is 1.60. The lowest BCUT2D eigenvalue weighted by molar-refractivity contribution is -0.0529. The summed E-state index contributed by atoms with van der Waals surface area (Å²) in [4.78, 5) is 3.27. The molecule has 0 unspecified atom stereocenters. The molecular formula is C6H3BrF3NO. The van der Waals surface area contributed by atoms with Crippen molar-refractivity contribution in [3.8, 4) is 5.88 Å². The Bertz CT molecular complexity index is 281. The highest BCUT2D eigenvalue weighted by molar-refractivity contribution is 9.10. The first-order valence-corrected chi connectivity index (χ1v) is 3.65.